The van der Waals surface area contributed by atoms with Crippen LogP contribution >= 0.6 is 11.8 Å². The fourth-order valence-corrected chi connectivity index (χ4v) is 3.73. The number of carboxylic acid groups (broad SMARTS) is 1. The van der Waals surface area contributed by atoms with Crippen molar-refractivity contribution in [3.8, 4) is 0 Å². The van der Waals surface area contributed by atoms with E-state index in [1.54, 1.807) is 13.0 Å². The third-order valence-electron chi connectivity index (χ3n) is 4.21. The van der Waals surface area contributed by atoms with Crippen molar-refractivity contribution in [1.29, 1.82) is 0 Å². The van der Waals surface area contributed by atoms with Gasteiger partial charge >= 0.3 is 5.97 Å². The van der Waals surface area contributed by atoms with Crippen molar-refractivity contribution in [3.63, 3.8) is 0 Å². The average Bonchev–Trinajstić information content (AvgIpc) is 2.54. The van der Waals surface area contributed by atoms with Crippen LogP contribution in [0.1, 0.15) is 49.4 Å². The first-order valence-corrected chi connectivity index (χ1v) is 8.64. The lowest BCUT2D eigenvalue weighted by Gasteiger charge is -2.31. The van der Waals surface area contributed by atoms with Gasteiger partial charge in [0, 0.05) is 18.0 Å². The molecular weight excluding hydrogens is 298 g/mol. The predicted molar refractivity (Wildman–Crippen MR) is 88.4 cm³/mol. The maximum atomic E-state index is 12.8. The molecule has 1 atom stereocenters. The normalized spacial score (nSPS) is 17.0. The lowest BCUT2D eigenvalue weighted by molar-refractivity contribution is -0.136. The molecule has 0 aromatic heterocycles. The maximum Gasteiger partial charge on any atom is 0.316 e. The third kappa shape index (κ3) is 4.03. The highest BCUT2D eigenvalue weighted by Crippen LogP contribution is 2.29. The highest BCUT2D eigenvalue weighted by Gasteiger charge is 2.25. The number of carbonyl (C=O) groups is 2. The number of rotatable bonds is 5. The summed E-state index contributed by atoms with van der Waals surface area (Å²) in [7, 11) is 1.86. The van der Waals surface area contributed by atoms with Crippen LogP contribution in [0.2, 0.25) is 0 Å². The second-order valence-corrected chi connectivity index (χ2v) is 7.19. The number of carbonyl (C=O) groups excluding carboxylic acids is 1. The van der Waals surface area contributed by atoms with E-state index in [1.807, 2.05) is 30.1 Å². The molecule has 0 spiro atoms. The van der Waals surface area contributed by atoms with Crippen LogP contribution in [-0.4, -0.2) is 40.2 Å². The van der Waals surface area contributed by atoms with Crippen LogP contribution in [0.3, 0.4) is 0 Å². The van der Waals surface area contributed by atoms with Crippen LogP contribution in [0.25, 0.3) is 0 Å². The molecule has 0 bridgehead atoms. The molecule has 0 radical (unpaired) electrons. The second-order valence-electron chi connectivity index (χ2n) is 5.80. The first kappa shape index (κ1) is 16.9. The van der Waals surface area contributed by atoms with Gasteiger partial charge in [-0.3, -0.25) is 9.59 Å². The maximum absolute atomic E-state index is 12.8. The Kier molecular flexibility index (Phi) is 5.89. The van der Waals surface area contributed by atoms with Crippen LogP contribution in [0.15, 0.2) is 29.2 Å². The van der Waals surface area contributed by atoms with Gasteiger partial charge in [0.15, 0.2) is 0 Å². The first-order chi connectivity index (χ1) is 10.5. The van der Waals surface area contributed by atoms with E-state index < -0.39 is 11.2 Å². The second kappa shape index (κ2) is 7.68. The summed E-state index contributed by atoms with van der Waals surface area (Å²) in [4.78, 5) is 26.4. The fraction of sp³-hybridized carbons (Fsp3) is 0.529. The van der Waals surface area contributed by atoms with E-state index in [0.29, 0.717) is 11.6 Å². The summed E-state index contributed by atoms with van der Waals surface area (Å²) in [6.07, 6.45) is 5.72. The molecule has 4 nitrogen and oxygen atoms in total. The molecule has 1 aliphatic carbocycles. The molecule has 1 N–H and O–H groups in total. The molecular formula is C17H23NO3S. The largest absolute Gasteiger partial charge is 0.480 e. The van der Waals surface area contributed by atoms with Gasteiger partial charge in [0.05, 0.1) is 5.56 Å². The molecule has 120 valence electrons. The van der Waals surface area contributed by atoms with Gasteiger partial charge in [-0.05, 0) is 31.9 Å². The van der Waals surface area contributed by atoms with Gasteiger partial charge in [-0.2, -0.15) is 0 Å². The summed E-state index contributed by atoms with van der Waals surface area (Å²) in [5.74, 6) is -0.875. The van der Waals surface area contributed by atoms with Gasteiger partial charge < -0.3 is 10.0 Å². The Balaban J connectivity index is 2.16. The molecule has 0 aliphatic heterocycles. The molecule has 22 heavy (non-hydrogen) atoms. The van der Waals surface area contributed by atoms with E-state index in [2.05, 4.69) is 0 Å². The highest BCUT2D eigenvalue weighted by atomic mass is 32.2. The van der Waals surface area contributed by atoms with Crippen molar-refractivity contribution < 1.29 is 14.7 Å². The molecule has 0 saturated heterocycles. The molecule has 1 aliphatic rings. The number of benzene rings is 1. The van der Waals surface area contributed by atoms with E-state index in [9.17, 15) is 9.59 Å². The highest BCUT2D eigenvalue weighted by molar-refractivity contribution is 8.00. The van der Waals surface area contributed by atoms with Crippen molar-refractivity contribution in [2.75, 3.05) is 7.05 Å². The van der Waals surface area contributed by atoms with Gasteiger partial charge in [0.25, 0.3) is 5.91 Å². The summed E-state index contributed by atoms with van der Waals surface area (Å²) in [5.41, 5.74) is 0.605. The average molecular weight is 321 g/mol. The molecule has 1 amide bonds. The van der Waals surface area contributed by atoms with E-state index in [-0.39, 0.29) is 5.91 Å². The number of amides is 1. The molecule has 1 saturated carbocycles. The Morgan fingerprint density at radius 1 is 1.23 bits per heavy atom. The predicted octanol–water partition coefficient (Wildman–Crippen LogP) is 3.66. The monoisotopic (exact) mass is 321 g/mol. The number of carboxylic acids is 1. The Bertz CT molecular complexity index is 540. The van der Waals surface area contributed by atoms with Crippen molar-refractivity contribution >= 4 is 23.6 Å². The minimum Gasteiger partial charge on any atom is -0.480 e. The molecule has 1 aromatic carbocycles. The first-order valence-electron chi connectivity index (χ1n) is 7.76. The third-order valence-corrected chi connectivity index (χ3v) is 5.38. The molecule has 1 fully saturated rings. The topological polar surface area (TPSA) is 57.6 Å². The van der Waals surface area contributed by atoms with Crippen LogP contribution in [0.5, 0.6) is 0 Å². The van der Waals surface area contributed by atoms with Crippen LogP contribution in [0.4, 0.5) is 0 Å². The molecule has 1 aromatic rings. The Morgan fingerprint density at radius 2 is 1.86 bits per heavy atom. The number of nitrogens with zero attached hydrogens (tertiary/aromatic N) is 1. The van der Waals surface area contributed by atoms with Gasteiger partial charge in [0.1, 0.15) is 5.25 Å². The summed E-state index contributed by atoms with van der Waals surface area (Å²) in [5, 5.41) is 8.49. The van der Waals surface area contributed by atoms with Gasteiger partial charge in [-0.1, -0.05) is 31.4 Å². The number of hydrogen-bond acceptors (Lipinski definition) is 3. The smallest absolute Gasteiger partial charge is 0.316 e. The minimum atomic E-state index is -0.868. The van der Waals surface area contributed by atoms with E-state index in [0.717, 1.165) is 17.7 Å². The number of aliphatic carboxylic acids is 1. The van der Waals surface area contributed by atoms with Crippen LogP contribution in [-0.2, 0) is 4.79 Å². The van der Waals surface area contributed by atoms with Crippen LogP contribution in [0, 0.1) is 0 Å². The Morgan fingerprint density at radius 3 is 2.50 bits per heavy atom. The summed E-state index contributed by atoms with van der Waals surface area (Å²) in [6.45, 7) is 1.64. The lowest BCUT2D eigenvalue weighted by Crippen LogP contribution is -2.38. The molecule has 5 heteroatoms. The molecule has 2 rings (SSSR count). The standard InChI is InChI=1S/C17H23NO3S/c1-12(17(20)21)22-15-11-7-6-10-14(15)16(19)18(2)13-8-4-3-5-9-13/h6-7,10-13H,3-5,8-9H2,1-2H3,(H,20,21). The van der Waals surface area contributed by atoms with Crippen LogP contribution < -0.4 is 0 Å². The fourth-order valence-electron chi connectivity index (χ4n) is 2.81. The molecule has 0 heterocycles. The van der Waals surface area contributed by atoms with Crippen molar-refractivity contribution in [2.45, 2.75) is 55.2 Å². The SMILES string of the molecule is CC(Sc1ccccc1C(=O)N(C)C1CCCCC1)C(=O)O. The zero-order chi connectivity index (χ0) is 16.1. The van der Waals surface area contributed by atoms with E-state index >= 15 is 0 Å². The van der Waals surface area contributed by atoms with Crippen molar-refractivity contribution in [3.05, 3.63) is 29.8 Å². The lowest BCUT2D eigenvalue weighted by atomic mass is 9.94. The molecule has 1 unspecified atom stereocenters. The van der Waals surface area contributed by atoms with E-state index in [1.165, 1.54) is 31.0 Å². The van der Waals surface area contributed by atoms with Gasteiger partial charge in [-0.15, -0.1) is 11.8 Å². The minimum absolute atomic E-state index is 0.00686. The van der Waals surface area contributed by atoms with Crippen molar-refractivity contribution in [1.82, 2.24) is 4.90 Å². The Hall–Kier alpha value is -1.49. The van der Waals surface area contributed by atoms with E-state index in [4.69, 9.17) is 5.11 Å². The quantitative estimate of drug-likeness (QED) is 0.841. The number of hydrogen-bond donors (Lipinski definition) is 1. The van der Waals surface area contributed by atoms with Gasteiger partial charge in [0.2, 0.25) is 0 Å². The zero-order valence-electron chi connectivity index (χ0n) is 13.1. The van der Waals surface area contributed by atoms with Crippen molar-refractivity contribution in [2.24, 2.45) is 0 Å². The zero-order valence-corrected chi connectivity index (χ0v) is 13.9. The Labute approximate surface area is 135 Å². The summed E-state index contributed by atoms with van der Waals surface area (Å²) < 4.78 is 0. The van der Waals surface area contributed by atoms with Gasteiger partial charge in [-0.25, -0.2) is 0 Å². The number of thioether (sulfide) groups is 1. The summed E-state index contributed by atoms with van der Waals surface area (Å²) >= 11 is 1.22. The summed E-state index contributed by atoms with van der Waals surface area (Å²) in [6, 6.07) is 7.59.